The van der Waals surface area contributed by atoms with Crippen molar-refractivity contribution in [1.29, 1.82) is 0 Å². The third-order valence-corrected chi connectivity index (χ3v) is 3.57. The number of hydrogen-bond donors (Lipinski definition) is 2. The van der Waals surface area contributed by atoms with Gasteiger partial charge in [0.1, 0.15) is 17.6 Å². The summed E-state index contributed by atoms with van der Waals surface area (Å²) >= 11 is 0. The predicted octanol–water partition coefficient (Wildman–Crippen LogP) is 0.808. The van der Waals surface area contributed by atoms with Gasteiger partial charge in [0, 0.05) is 12.8 Å². The van der Waals surface area contributed by atoms with E-state index < -0.39 is 6.04 Å². The van der Waals surface area contributed by atoms with Crippen molar-refractivity contribution in [2.45, 2.75) is 38.3 Å². The second-order valence-corrected chi connectivity index (χ2v) is 5.19. The number of para-hydroxylation sites is 1. The highest BCUT2D eigenvalue weighted by Gasteiger charge is 2.39. The molecule has 2 N–H and O–H groups in total. The first-order valence-corrected chi connectivity index (χ1v) is 7.39. The highest BCUT2D eigenvalue weighted by molar-refractivity contribution is 5.93. The molecular formula is C16H20N2O4. The number of β-lactam (4-membered cyclic amide) rings is 1. The Bertz CT molecular complexity index is 544. The van der Waals surface area contributed by atoms with Crippen LogP contribution in [0.2, 0.25) is 0 Å². The molecule has 2 atom stereocenters. The van der Waals surface area contributed by atoms with Crippen LogP contribution in [0.5, 0.6) is 5.75 Å². The molecule has 0 radical (unpaired) electrons. The summed E-state index contributed by atoms with van der Waals surface area (Å²) in [5, 5.41) is 5.35. The molecule has 1 aliphatic rings. The molecule has 0 saturated carbocycles. The normalized spacial score (nSPS) is 19.8. The molecule has 1 saturated heterocycles. The summed E-state index contributed by atoms with van der Waals surface area (Å²) in [5.74, 6) is 0.178. The molecule has 1 aromatic rings. The van der Waals surface area contributed by atoms with E-state index in [1.165, 1.54) is 0 Å². The Morgan fingerprint density at radius 2 is 2.00 bits per heavy atom. The van der Waals surface area contributed by atoms with E-state index in [0.29, 0.717) is 25.0 Å². The summed E-state index contributed by atoms with van der Waals surface area (Å²) < 4.78 is 5.33. The number of rotatable bonds is 8. The monoisotopic (exact) mass is 304 g/mol. The third-order valence-electron chi connectivity index (χ3n) is 3.57. The summed E-state index contributed by atoms with van der Waals surface area (Å²) in [7, 11) is 0. The Kier molecular flexibility index (Phi) is 5.52. The van der Waals surface area contributed by atoms with Crippen molar-refractivity contribution in [3.05, 3.63) is 30.3 Å². The van der Waals surface area contributed by atoms with E-state index in [1.807, 2.05) is 25.1 Å². The fourth-order valence-electron chi connectivity index (χ4n) is 2.22. The second kappa shape index (κ2) is 7.59. The van der Waals surface area contributed by atoms with E-state index >= 15 is 0 Å². The first-order valence-electron chi connectivity index (χ1n) is 7.39. The molecule has 0 bridgehead atoms. The molecular weight excluding hydrogens is 284 g/mol. The van der Waals surface area contributed by atoms with E-state index in [2.05, 4.69) is 10.6 Å². The Labute approximate surface area is 129 Å². The molecule has 118 valence electrons. The van der Waals surface area contributed by atoms with Crippen LogP contribution in [0.4, 0.5) is 0 Å². The van der Waals surface area contributed by atoms with Crippen LogP contribution in [-0.4, -0.2) is 36.3 Å². The number of carbonyl (C=O) groups excluding carboxylic acids is 3. The second-order valence-electron chi connectivity index (χ2n) is 5.19. The number of Topliss-reactive ketones (excluding diaryl/α,β-unsaturated/α-hetero) is 1. The Morgan fingerprint density at radius 3 is 2.64 bits per heavy atom. The van der Waals surface area contributed by atoms with Gasteiger partial charge in [0.25, 0.3) is 5.91 Å². The molecule has 2 amide bonds. The number of ether oxygens (including phenoxy) is 1. The molecule has 0 spiro atoms. The summed E-state index contributed by atoms with van der Waals surface area (Å²) in [5.41, 5.74) is 0. The lowest BCUT2D eigenvalue weighted by atomic mass is 9.93. The van der Waals surface area contributed by atoms with Crippen LogP contribution in [0.1, 0.15) is 26.2 Å². The van der Waals surface area contributed by atoms with Crippen LogP contribution in [-0.2, 0) is 14.4 Å². The molecule has 1 heterocycles. The van der Waals surface area contributed by atoms with E-state index in [1.54, 1.807) is 12.1 Å². The molecule has 6 nitrogen and oxygen atoms in total. The molecule has 2 unspecified atom stereocenters. The zero-order valence-corrected chi connectivity index (χ0v) is 12.5. The topological polar surface area (TPSA) is 84.5 Å². The van der Waals surface area contributed by atoms with Gasteiger partial charge in [-0.05, 0) is 18.6 Å². The summed E-state index contributed by atoms with van der Waals surface area (Å²) in [6.45, 7) is 1.66. The zero-order chi connectivity index (χ0) is 15.9. The van der Waals surface area contributed by atoms with Crippen LogP contribution < -0.4 is 15.4 Å². The lowest BCUT2D eigenvalue weighted by Crippen LogP contribution is -2.69. The molecule has 1 fully saturated rings. The van der Waals surface area contributed by atoms with Crippen molar-refractivity contribution >= 4 is 17.6 Å². The van der Waals surface area contributed by atoms with Gasteiger partial charge in [0.15, 0.2) is 6.61 Å². The van der Waals surface area contributed by atoms with Gasteiger partial charge in [-0.2, -0.15) is 0 Å². The van der Waals surface area contributed by atoms with Gasteiger partial charge in [-0.3, -0.25) is 14.4 Å². The molecule has 22 heavy (non-hydrogen) atoms. The van der Waals surface area contributed by atoms with Gasteiger partial charge < -0.3 is 15.4 Å². The Balaban J connectivity index is 1.75. The van der Waals surface area contributed by atoms with Gasteiger partial charge in [0.05, 0.1) is 6.04 Å². The quantitative estimate of drug-likeness (QED) is 0.696. The maximum absolute atomic E-state index is 11.8. The smallest absolute Gasteiger partial charge is 0.258 e. The highest BCUT2D eigenvalue weighted by Crippen LogP contribution is 2.13. The van der Waals surface area contributed by atoms with Crippen molar-refractivity contribution in [1.82, 2.24) is 10.6 Å². The van der Waals surface area contributed by atoms with Crippen molar-refractivity contribution in [2.75, 3.05) is 6.61 Å². The minimum atomic E-state index is -0.573. The lowest BCUT2D eigenvalue weighted by molar-refractivity contribution is -0.137. The minimum absolute atomic E-state index is 0.144. The van der Waals surface area contributed by atoms with Gasteiger partial charge in [0.2, 0.25) is 5.91 Å². The number of carbonyl (C=O) groups is 3. The molecule has 1 aromatic carbocycles. The molecule has 0 aliphatic carbocycles. The number of benzene rings is 1. The van der Waals surface area contributed by atoms with Gasteiger partial charge in [-0.25, -0.2) is 0 Å². The summed E-state index contributed by atoms with van der Waals surface area (Å²) in [6.07, 6.45) is 1.44. The predicted molar refractivity (Wildman–Crippen MR) is 80.3 cm³/mol. The Morgan fingerprint density at radius 1 is 1.27 bits per heavy atom. The van der Waals surface area contributed by atoms with Gasteiger partial charge >= 0.3 is 0 Å². The van der Waals surface area contributed by atoms with Crippen LogP contribution in [0.15, 0.2) is 30.3 Å². The van der Waals surface area contributed by atoms with E-state index in [4.69, 9.17) is 4.74 Å². The summed E-state index contributed by atoms with van der Waals surface area (Å²) in [6, 6.07) is 8.24. The number of amides is 2. The highest BCUT2D eigenvalue weighted by atomic mass is 16.5. The average molecular weight is 304 g/mol. The molecule has 1 aliphatic heterocycles. The SMILES string of the molecule is CCC(=O)CCC1NC(=O)C1NC(=O)COc1ccccc1. The van der Waals surface area contributed by atoms with Crippen LogP contribution in [0.25, 0.3) is 0 Å². The largest absolute Gasteiger partial charge is 0.484 e. The maximum atomic E-state index is 11.8. The third kappa shape index (κ3) is 4.31. The average Bonchev–Trinajstić information content (AvgIpc) is 2.55. The van der Waals surface area contributed by atoms with Crippen molar-refractivity contribution in [3.8, 4) is 5.75 Å². The van der Waals surface area contributed by atoms with E-state index in [-0.39, 0.29) is 30.2 Å². The standard InChI is InChI=1S/C16H20N2O4/c1-2-11(19)8-9-13-15(16(21)17-13)18-14(20)10-22-12-6-4-3-5-7-12/h3-7,13,15H,2,8-10H2,1H3,(H,17,21)(H,18,20). The molecule has 0 aromatic heterocycles. The number of hydrogen-bond acceptors (Lipinski definition) is 4. The van der Waals surface area contributed by atoms with Crippen LogP contribution in [0, 0.1) is 0 Å². The fraction of sp³-hybridized carbons (Fsp3) is 0.438. The van der Waals surface area contributed by atoms with E-state index in [9.17, 15) is 14.4 Å². The summed E-state index contributed by atoms with van der Waals surface area (Å²) in [4.78, 5) is 34.6. The fourth-order valence-corrected chi connectivity index (χ4v) is 2.22. The lowest BCUT2D eigenvalue weighted by Gasteiger charge is -2.37. The van der Waals surface area contributed by atoms with E-state index in [0.717, 1.165) is 0 Å². The van der Waals surface area contributed by atoms with Crippen LogP contribution in [0.3, 0.4) is 0 Å². The van der Waals surface area contributed by atoms with Crippen molar-refractivity contribution in [2.24, 2.45) is 0 Å². The van der Waals surface area contributed by atoms with Gasteiger partial charge in [-0.1, -0.05) is 25.1 Å². The number of ketones is 1. The zero-order valence-electron chi connectivity index (χ0n) is 12.5. The minimum Gasteiger partial charge on any atom is -0.484 e. The number of nitrogens with one attached hydrogen (secondary N) is 2. The Hall–Kier alpha value is -2.37. The molecule has 2 rings (SSSR count). The van der Waals surface area contributed by atoms with Crippen molar-refractivity contribution < 1.29 is 19.1 Å². The van der Waals surface area contributed by atoms with Gasteiger partial charge in [-0.15, -0.1) is 0 Å². The molecule has 6 heteroatoms. The van der Waals surface area contributed by atoms with Crippen molar-refractivity contribution in [3.63, 3.8) is 0 Å². The first-order chi connectivity index (χ1) is 10.6. The van der Waals surface area contributed by atoms with Crippen LogP contribution >= 0.6 is 0 Å². The first kappa shape index (κ1) is 16.0. The maximum Gasteiger partial charge on any atom is 0.258 e.